The molecule has 0 spiro atoms. The van der Waals surface area contributed by atoms with Gasteiger partial charge < -0.3 is 15.1 Å². The Morgan fingerprint density at radius 1 is 1.33 bits per heavy atom. The standard InChI is InChI=1S/C21H31N5O/c1-6-25-11-10-20(15(2)14-25)24(5)21(27)22-18-8-7-9-19(13-18)26-17(4)12-16(3)23-26/h7-9,12-13,15,20H,6,10-11,14H2,1-5H3,(H,22,27)/t15-,20+/m1/s1. The first-order valence-electron chi connectivity index (χ1n) is 9.79. The molecule has 1 aromatic heterocycles. The van der Waals surface area contributed by atoms with Crippen LogP contribution >= 0.6 is 0 Å². The second kappa shape index (κ2) is 8.13. The number of carbonyl (C=O) groups excluding carboxylic acids is 1. The Kier molecular flexibility index (Phi) is 5.85. The van der Waals surface area contributed by atoms with E-state index >= 15 is 0 Å². The molecule has 1 N–H and O–H groups in total. The Labute approximate surface area is 162 Å². The van der Waals surface area contributed by atoms with E-state index in [1.807, 2.05) is 60.8 Å². The molecule has 1 aromatic carbocycles. The van der Waals surface area contributed by atoms with Crippen molar-refractivity contribution in [1.29, 1.82) is 0 Å². The van der Waals surface area contributed by atoms with Gasteiger partial charge in [0.1, 0.15) is 0 Å². The van der Waals surface area contributed by atoms with Gasteiger partial charge in [0.2, 0.25) is 0 Å². The van der Waals surface area contributed by atoms with Crippen molar-refractivity contribution in [3.8, 4) is 5.69 Å². The van der Waals surface area contributed by atoms with Gasteiger partial charge in [-0.3, -0.25) is 0 Å². The van der Waals surface area contributed by atoms with Gasteiger partial charge in [0, 0.05) is 37.6 Å². The molecule has 1 fully saturated rings. The van der Waals surface area contributed by atoms with Crippen LogP contribution < -0.4 is 5.32 Å². The smallest absolute Gasteiger partial charge is 0.321 e. The van der Waals surface area contributed by atoms with Crippen LogP contribution in [0.3, 0.4) is 0 Å². The van der Waals surface area contributed by atoms with Gasteiger partial charge in [-0.2, -0.15) is 5.10 Å². The largest absolute Gasteiger partial charge is 0.324 e. The molecule has 0 saturated carbocycles. The number of rotatable bonds is 4. The predicted molar refractivity (Wildman–Crippen MR) is 110 cm³/mol. The molecule has 0 unspecified atom stereocenters. The summed E-state index contributed by atoms with van der Waals surface area (Å²) in [5.41, 5.74) is 3.79. The number of aryl methyl sites for hydroxylation is 2. The van der Waals surface area contributed by atoms with Gasteiger partial charge in [-0.05, 0) is 57.0 Å². The van der Waals surface area contributed by atoms with E-state index in [0.717, 1.165) is 48.8 Å². The minimum absolute atomic E-state index is 0.0534. The molecule has 1 aliphatic rings. The molecule has 0 bridgehead atoms. The first-order chi connectivity index (χ1) is 12.9. The molecular formula is C21H31N5O. The molecule has 1 aliphatic heterocycles. The van der Waals surface area contributed by atoms with Crippen molar-refractivity contribution in [2.75, 3.05) is 32.0 Å². The average Bonchev–Trinajstić information content (AvgIpc) is 2.99. The summed E-state index contributed by atoms with van der Waals surface area (Å²) >= 11 is 0. The summed E-state index contributed by atoms with van der Waals surface area (Å²) in [5, 5.41) is 7.58. The minimum Gasteiger partial charge on any atom is -0.324 e. The molecule has 0 aliphatic carbocycles. The van der Waals surface area contributed by atoms with Gasteiger partial charge in [-0.15, -0.1) is 0 Å². The third-order valence-electron chi connectivity index (χ3n) is 5.56. The fourth-order valence-corrected chi connectivity index (χ4v) is 4.05. The third kappa shape index (κ3) is 4.33. The number of amides is 2. The zero-order valence-corrected chi connectivity index (χ0v) is 17.1. The van der Waals surface area contributed by atoms with Crippen LogP contribution in [0.15, 0.2) is 30.3 Å². The fourth-order valence-electron chi connectivity index (χ4n) is 4.05. The molecule has 0 radical (unpaired) electrons. The number of carbonyl (C=O) groups is 1. The second-order valence-electron chi connectivity index (χ2n) is 7.66. The molecule has 2 atom stereocenters. The highest BCUT2D eigenvalue weighted by Gasteiger charge is 2.30. The lowest BCUT2D eigenvalue weighted by atomic mass is 9.93. The van der Waals surface area contributed by atoms with Crippen molar-refractivity contribution in [1.82, 2.24) is 19.6 Å². The first-order valence-corrected chi connectivity index (χ1v) is 9.79. The lowest BCUT2D eigenvalue weighted by molar-refractivity contribution is 0.101. The highest BCUT2D eigenvalue weighted by atomic mass is 16.2. The summed E-state index contributed by atoms with van der Waals surface area (Å²) in [4.78, 5) is 17.1. The van der Waals surface area contributed by atoms with Gasteiger partial charge >= 0.3 is 6.03 Å². The van der Waals surface area contributed by atoms with Crippen LogP contribution in [0.4, 0.5) is 10.5 Å². The summed E-state index contributed by atoms with van der Waals surface area (Å²) in [5.74, 6) is 0.468. The molecule has 6 heteroatoms. The number of likely N-dealkylation sites (tertiary alicyclic amines) is 1. The van der Waals surface area contributed by atoms with E-state index in [0.29, 0.717) is 5.92 Å². The van der Waals surface area contributed by atoms with Crippen molar-refractivity contribution in [2.24, 2.45) is 5.92 Å². The summed E-state index contributed by atoms with van der Waals surface area (Å²) in [7, 11) is 1.91. The zero-order valence-electron chi connectivity index (χ0n) is 17.1. The molecule has 2 amide bonds. The number of benzene rings is 1. The molecule has 146 valence electrons. The van der Waals surface area contributed by atoms with Crippen LogP contribution in [-0.2, 0) is 0 Å². The number of nitrogens with one attached hydrogen (secondary N) is 1. The lowest BCUT2D eigenvalue weighted by Crippen LogP contribution is -2.51. The normalized spacial score (nSPS) is 20.5. The molecule has 3 rings (SSSR count). The van der Waals surface area contributed by atoms with Crippen molar-refractivity contribution in [2.45, 2.75) is 40.2 Å². The topological polar surface area (TPSA) is 53.4 Å². The van der Waals surface area contributed by atoms with Crippen LogP contribution in [0.25, 0.3) is 5.69 Å². The third-order valence-corrected chi connectivity index (χ3v) is 5.56. The maximum atomic E-state index is 12.8. The Hall–Kier alpha value is -2.34. The summed E-state index contributed by atoms with van der Waals surface area (Å²) in [6, 6.07) is 10.1. The summed E-state index contributed by atoms with van der Waals surface area (Å²) < 4.78 is 1.90. The van der Waals surface area contributed by atoms with Gasteiger partial charge in [0.25, 0.3) is 0 Å². The SMILES string of the molecule is CCN1CC[C@H](N(C)C(=O)Nc2cccc(-n3nc(C)cc3C)c2)[C@H](C)C1. The van der Waals surface area contributed by atoms with Crippen molar-refractivity contribution in [3.63, 3.8) is 0 Å². The average molecular weight is 370 g/mol. The highest BCUT2D eigenvalue weighted by molar-refractivity contribution is 5.89. The van der Waals surface area contributed by atoms with Crippen molar-refractivity contribution in [3.05, 3.63) is 41.7 Å². The molecule has 2 heterocycles. The van der Waals surface area contributed by atoms with E-state index in [2.05, 4.69) is 29.2 Å². The van der Waals surface area contributed by atoms with Gasteiger partial charge in [-0.1, -0.05) is 19.9 Å². The van der Waals surface area contributed by atoms with E-state index in [9.17, 15) is 4.79 Å². The first kappa shape index (κ1) is 19.4. The molecule has 1 saturated heterocycles. The number of anilines is 1. The van der Waals surface area contributed by atoms with E-state index in [1.165, 1.54) is 0 Å². The van der Waals surface area contributed by atoms with E-state index in [4.69, 9.17) is 0 Å². The Morgan fingerprint density at radius 3 is 2.74 bits per heavy atom. The van der Waals surface area contributed by atoms with Gasteiger partial charge in [-0.25, -0.2) is 9.48 Å². The Bertz CT molecular complexity index is 800. The molecule has 2 aromatic rings. The Balaban J connectivity index is 1.69. The molecular weight excluding hydrogens is 338 g/mol. The zero-order chi connectivity index (χ0) is 19.6. The number of nitrogens with zero attached hydrogens (tertiary/aromatic N) is 4. The van der Waals surface area contributed by atoms with E-state index in [1.54, 1.807) is 0 Å². The minimum atomic E-state index is -0.0534. The molecule has 6 nitrogen and oxygen atoms in total. The number of hydrogen-bond acceptors (Lipinski definition) is 3. The van der Waals surface area contributed by atoms with Crippen LogP contribution in [0.2, 0.25) is 0 Å². The lowest BCUT2D eigenvalue weighted by Gasteiger charge is -2.40. The number of aromatic nitrogens is 2. The quantitative estimate of drug-likeness (QED) is 0.894. The second-order valence-corrected chi connectivity index (χ2v) is 7.66. The summed E-state index contributed by atoms with van der Waals surface area (Å²) in [6.07, 6.45) is 1.02. The number of urea groups is 1. The van der Waals surface area contributed by atoms with Gasteiger partial charge in [0.15, 0.2) is 0 Å². The van der Waals surface area contributed by atoms with Crippen LogP contribution in [0.1, 0.15) is 31.7 Å². The highest BCUT2D eigenvalue weighted by Crippen LogP contribution is 2.22. The summed E-state index contributed by atoms with van der Waals surface area (Å²) in [6.45, 7) is 11.6. The van der Waals surface area contributed by atoms with E-state index < -0.39 is 0 Å². The maximum absolute atomic E-state index is 12.8. The fraction of sp³-hybridized carbons (Fsp3) is 0.524. The maximum Gasteiger partial charge on any atom is 0.321 e. The monoisotopic (exact) mass is 369 g/mol. The van der Waals surface area contributed by atoms with Gasteiger partial charge in [0.05, 0.1) is 11.4 Å². The van der Waals surface area contributed by atoms with Crippen LogP contribution in [0.5, 0.6) is 0 Å². The Morgan fingerprint density at radius 2 is 2.11 bits per heavy atom. The van der Waals surface area contributed by atoms with Crippen molar-refractivity contribution >= 4 is 11.7 Å². The van der Waals surface area contributed by atoms with Crippen LogP contribution in [0, 0.1) is 19.8 Å². The van der Waals surface area contributed by atoms with Crippen molar-refractivity contribution < 1.29 is 4.79 Å². The predicted octanol–water partition coefficient (Wildman–Crippen LogP) is 3.68. The van der Waals surface area contributed by atoms with Crippen LogP contribution in [-0.4, -0.2) is 58.3 Å². The van der Waals surface area contributed by atoms with E-state index in [-0.39, 0.29) is 12.1 Å². The number of piperidine rings is 1. The molecule has 27 heavy (non-hydrogen) atoms. The number of hydrogen-bond donors (Lipinski definition) is 1.